The number of rotatable bonds is 7. The first-order chi connectivity index (χ1) is 13.1. The molecule has 0 saturated carbocycles. The van der Waals surface area contributed by atoms with E-state index in [-0.39, 0.29) is 11.8 Å². The van der Waals surface area contributed by atoms with E-state index in [1.807, 2.05) is 37.3 Å². The van der Waals surface area contributed by atoms with E-state index in [0.717, 1.165) is 11.4 Å². The molecule has 0 radical (unpaired) electrons. The van der Waals surface area contributed by atoms with E-state index in [2.05, 4.69) is 10.4 Å². The minimum absolute atomic E-state index is 0.204. The second kappa shape index (κ2) is 8.60. The molecule has 3 rings (SSSR count). The normalized spacial score (nSPS) is 11.7. The van der Waals surface area contributed by atoms with Crippen LogP contribution in [0.2, 0.25) is 5.02 Å². The van der Waals surface area contributed by atoms with Gasteiger partial charge in [-0.05, 0) is 50.2 Å². The van der Waals surface area contributed by atoms with Crippen LogP contribution in [0.25, 0.3) is 5.69 Å². The monoisotopic (exact) mass is 385 g/mol. The van der Waals surface area contributed by atoms with Gasteiger partial charge in [0, 0.05) is 5.69 Å². The Morgan fingerprint density at radius 2 is 1.89 bits per heavy atom. The van der Waals surface area contributed by atoms with Gasteiger partial charge < -0.3 is 14.8 Å². The minimum atomic E-state index is -0.770. The van der Waals surface area contributed by atoms with E-state index < -0.39 is 6.10 Å². The molecule has 0 fully saturated rings. The Kier molecular flexibility index (Phi) is 5.98. The van der Waals surface area contributed by atoms with Gasteiger partial charge in [-0.15, -0.1) is 5.10 Å². The molecule has 0 bridgehead atoms. The maximum Gasteiger partial charge on any atom is 0.265 e. The number of nitrogens with zero attached hydrogens (tertiary/aromatic N) is 2. The van der Waals surface area contributed by atoms with Crippen molar-refractivity contribution in [2.45, 2.75) is 20.0 Å². The third-order valence-corrected chi connectivity index (χ3v) is 4.01. The molecule has 1 heterocycles. The van der Waals surface area contributed by atoms with Crippen LogP contribution in [0.4, 0.5) is 5.69 Å². The third-order valence-electron chi connectivity index (χ3n) is 3.75. The van der Waals surface area contributed by atoms with Crippen molar-refractivity contribution < 1.29 is 14.3 Å². The van der Waals surface area contributed by atoms with Crippen LogP contribution in [0.1, 0.15) is 13.8 Å². The molecule has 0 aliphatic heterocycles. The second-order valence-corrected chi connectivity index (χ2v) is 6.18. The zero-order chi connectivity index (χ0) is 19.2. The predicted octanol–water partition coefficient (Wildman–Crippen LogP) is 4.33. The number of amides is 1. The van der Waals surface area contributed by atoms with Gasteiger partial charge in [0.05, 0.1) is 18.5 Å². The summed E-state index contributed by atoms with van der Waals surface area (Å²) in [5.74, 6) is 0.650. The number of ether oxygens (including phenoxy) is 2. The van der Waals surface area contributed by atoms with Crippen LogP contribution in [0.5, 0.6) is 11.6 Å². The lowest BCUT2D eigenvalue weighted by Crippen LogP contribution is -2.30. The Labute approximate surface area is 162 Å². The number of hydrogen-bond acceptors (Lipinski definition) is 4. The lowest BCUT2D eigenvalue weighted by molar-refractivity contribution is -0.122. The molecule has 7 heteroatoms. The average Bonchev–Trinajstić information content (AvgIpc) is 3.04. The number of nitrogens with one attached hydrogen (secondary N) is 1. The summed E-state index contributed by atoms with van der Waals surface area (Å²) in [7, 11) is 0. The van der Waals surface area contributed by atoms with Crippen LogP contribution in [-0.2, 0) is 4.79 Å². The Hall–Kier alpha value is -2.99. The highest BCUT2D eigenvalue weighted by Gasteiger charge is 2.19. The van der Waals surface area contributed by atoms with Crippen LogP contribution < -0.4 is 14.8 Å². The third kappa shape index (κ3) is 4.80. The largest absolute Gasteiger partial charge is 0.494 e. The fourth-order valence-electron chi connectivity index (χ4n) is 2.40. The second-order valence-electron chi connectivity index (χ2n) is 5.77. The highest BCUT2D eigenvalue weighted by molar-refractivity contribution is 6.31. The van der Waals surface area contributed by atoms with Gasteiger partial charge in [-0.25, -0.2) is 4.68 Å². The molecule has 3 aromatic rings. The van der Waals surface area contributed by atoms with Gasteiger partial charge in [0.25, 0.3) is 11.8 Å². The number of hydrogen-bond donors (Lipinski definition) is 1. The van der Waals surface area contributed by atoms with Gasteiger partial charge >= 0.3 is 0 Å². The summed E-state index contributed by atoms with van der Waals surface area (Å²) >= 11 is 6.20. The van der Waals surface area contributed by atoms with Crippen LogP contribution >= 0.6 is 11.6 Å². The average molecular weight is 386 g/mol. The van der Waals surface area contributed by atoms with E-state index in [1.54, 1.807) is 42.1 Å². The van der Waals surface area contributed by atoms with E-state index >= 15 is 0 Å². The molecule has 2 aromatic carbocycles. The zero-order valence-corrected chi connectivity index (χ0v) is 15.8. The lowest BCUT2D eigenvalue weighted by atomic mass is 10.3. The first-order valence-corrected chi connectivity index (χ1v) is 8.95. The van der Waals surface area contributed by atoms with Crippen molar-refractivity contribution in [1.29, 1.82) is 0 Å². The van der Waals surface area contributed by atoms with Crippen molar-refractivity contribution in [2.75, 3.05) is 11.9 Å². The van der Waals surface area contributed by atoms with Crippen molar-refractivity contribution >= 4 is 23.2 Å². The molecule has 0 aliphatic rings. The van der Waals surface area contributed by atoms with E-state index in [0.29, 0.717) is 17.3 Å². The lowest BCUT2D eigenvalue weighted by Gasteiger charge is -2.13. The van der Waals surface area contributed by atoms with Gasteiger partial charge in [-0.3, -0.25) is 4.79 Å². The summed E-state index contributed by atoms with van der Waals surface area (Å²) in [6, 6.07) is 16.6. The standard InChI is InChI=1S/C20H20ClN3O3/c1-3-26-17-11-9-15(10-12-17)22-19(25)14(2)27-20-18(21)13-24(23-20)16-7-5-4-6-8-16/h4-14H,3H2,1-2H3,(H,22,25). The molecule has 0 saturated heterocycles. The van der Waals surface area contributed by atoms with Crippen molar-refractivity contribution in [3.05, 3.63) is 65.8 Å². The topological polar surface area (TPSA) is 65.4 Å². The van der Waals surface area contributed by atoms with Crippen LogP contribution in [-0.4, -0.2) is 28.4 Å². The molecule has 1 unspecified atom stereocenters. The van der Waals surface area contributed by atoms with Crippen molar-refractivity contribution in [2.24, 2.45) is 0 Å². The Bertz CT molecular complexity index is 895. The molecule has 0 spiro atoms. The molecule has 0 aliphatic carbocycles. The fraction of sp³-hybridized carbons (Fsp3) is 0.200. The molecular weight excluding hydrogens is 366 g/mol. The van der Waals surface area contributed by atoms with Crippen LogP contribution in [0.3, 0.4) is 0 Å². The van der Waals surface area contributed by atoms with E-state index in [4.69, 9.17) is 21.1 Å². The number of halogens is 1. The maximum absolute atomic E-state index is 12.4. The predicted molar refractivity (Wildman–Crippen MR) is 105 cm³/mol. The molecule has 27 heavy (non-hydrogen) atoms. The smallest absolute Gasteiger partial charge is 0.265 e. The fourth-order valence-corrected chi connectivity index (χ4v) is 2.57. The number of para-hydroxylation sites is 1. The van der Waals surface area contributed by atoms with Crippen LogP contribution in [0, 0.1) is 0 Å². The first-order valence-electron chi connectivity index (χ1n) is 8.58. The highest BCUT2D eigenvalue weighted by Crippen LogP contribution is 2.25. The minimum Gasteiger partial charge on any atom is -0.494 e. The molecule has 1 amide bonds. The van der Waals surface area contributed by atoms with Gasteiger partial charge in [-0.2, -0.15) is 0 Å². The summed E-state index contributed by atoms with van der Waals surface area (Å²) in [6.45, 7) is 4.15. The Balaban J connectivity index is 1.63. The number of benzene rings is 2. The zero-order valence-electron chi connectivity index (χ0n) is 15.1. The summed E-state index contributed by atoms with van der Waals surface area (Å²) in [5.41, 5.74) is 1.50. The quantitative estimate of drug-likeness (QED) is 0.657. The SMILES string of the molecule is CCOc1ccc(NC(=O)C(C)Oc2nn(-c3ccccc3)cc2Cl)cc1. The molecule has 140 valence electrons. The molecular formula is C20H20ClN3O3. The van der Waals surface area contributed by atoms with E-state index in [9.17, 15) is 4.79 Å². The van der Waals surface area contributed by atoms with Crippen LogP contribution in [0.15, 0.2) is 60.8 Å². The van der Waals surface area contributed by atoms with Crippen molar-refractivity contribution in [3.8, 4) is 17.3 Å². The summed E-state index contributed by atoms with van der Waals surface area (Å²) < 4.78 is 12.6. The number of carbonyl (C=O) groups is 1. The van der Waals surface area contributed by atoms with E-state index in [1.165, 1.54) is 0 Å². The van der Waals surface area contributed by atoms with Crippen molar-refractivity contribution in [1.82, 2.24) is 9.78 Å². The Morgan fingerprint density at radius 1 is 1.19 bits per heavy atom. The van der Waals surface area contributed by atoms with Gasteiger partial charge in [0.2, 0.25) is 0 Å². The van der Waals surface area contributed by atoms with Gasteiger partial charge in [-0.1, -0.05) is 29.8 Å². The molecule has 1 N–H and O–H groups in total. The first kappa shape index (κ1) is 18.8. The Morgan fingerprint density at radius 3 is 2.56 bits per heavy atom. The van der Waals surface area contributed by atoms with Gasteiger partial charge in [0.1, 0.15) is 10.8 Å². The summed E-state index contributed by atoms with van der Waals surface area (Å²) in [6.07, 6.45) is 0.872. The summed E-state index contributed by atoms with van der Waals surface area (Å²) in [5, 5.41) is 7.43. The molecule has 1 atom stereocenters. The molecule has 6 nitrogen and oxygen atoms in total. The number of anilines is 1. The number of carbonyl (C=O) groups excluding carboxylic acids is 1. The maximum atomic E-state index is 12.4. The highest BCUT2D eigenvalue weighted by atomic mass is 35.5. The summed E-state index contributed by atoms with van der Waals surface area (Å²) in [4.78, 5) is 12.4. The van der Waals surface area contributed by atoms with Crippen molar-refractivity contribution in [3.63, 3.8) is 0 Å². The number of aromatic nitrogens is 2. The molecule has 1 aromatic heterocycles. The van der Waals surface area contributed by atoms with Gasteiger partial charge in [0.15, 0.2) is 6.10 Å².